The highest BCUT2D eigenvalue weighted by atomic mass is 16.5. The van der Waals surface area contributed by atoms with E-state index in [9.17, 15) is 9.59 Å². The fourth-order valence-electron chi connectivity index (χ4n) is 1.89. The van der Waals surface area contributed by atoms with Crippen LogP contribution in [0.5, 0.6) is 0 Å². The van der Waals surface area contributed by atoms with Crippen LogP contribution in [-0.4, -0.2) is 46.9 Å². The number of carbonyl (C=O) groups is 2. The van der Waals surface area contributed by atoms with E-state index in [2.05, 4.69) is 14.7 Å². The molecular weight excluding hydrogens is 246 g/mol. The fraction of sp³-hybridized carbons (Fsp3) is 0.385. The number of hydrogen-bond acceptors (Lipinski definition) is 5. The van der Waals surface area contributed by atoms with Gasteiger partial charge in [0.25, 0.3) is 0 Å². The molecule has 0 unspecified atom stereocenters. The molecule has 0 bridgehead atoms. The SMILES string of the molecule is COC(=O)c1ccnc(C2=CCN(C(C)=O)CC2)n1. The molecule has 0 radical (unpaired) electrons. The summed E-state index contributed by atoms with van der Waals surface area (Å²) in [6, 6.07) is 1.51. The summed E-state index contributed by atoms with van der Waals surface area (Å²) in [5.41, 5.74) is 1.19. The lowest BCUT2D eigenvalue weighted by Gasteiger charge is -2.24. The predicted octanol–water partition coefficient (Wildman–Crippen LogP) is 0.899. The van der Waals surface area contributed by atoms with Crippen LogP contribution >= 0.6 is 0 Å². The third-order valence-corrected chi connectivity index (χ3v) is 2.99. The van der Waals surface area contributed by atoms with Gasteiger partial charge in [0.2, 0.25) is 5.91 Å². The molecule has 2 heterocycles. The van der Waals surface area contributed by atoms with E-state index in [0.717, 1.165) is 5.57 Å². The minimum absolute atomic E-state index is 0.0551. The predicted molar refractivity (Wildman–Crippen MR) is 68.2 cm³/mol. The number of nitrogens with zero attached hydrogens (tertiary/aromatic N) is 3. The summed E-state index contributed by atoms with van der Waals surface area (Å²) in [6.07, 6.45) is 4.14. The van der Waals surface area contributed by atoms with Gasteiger partial charge in [-0.15, -0.1) is 0 Å². The number of amides is 1. The Morgan fingerprint density at radius 1 is 1.42 bits per heavy atom. The summed E-state index contributed by atoms with van der Waals surface area (Å²) in [7, 11) is 1.31. The second-order valence-electron chi connectivity index (χ2n) is 4.20. The molecule has 0 spiro atoms. The topological polar surface area (TPSA) is 72.4 Å². The average molecular weight is 261 g/mol. The summed E-state index contributed by atoms with van der Waals surface area (Å²) in [5, 5.41) is 0. The molecule has 1 amide bonds. The first kappa shape index (κ1) is 13.2. The summed E-state index contributed by atoms with van der Waals surface area (Å²) in [5.74, 6) is 0.0936. The molecular formula is C13H15N3O3. The average Bonchev–Trinajstić information content (AvgIpc) is 2.46. The third-order valence-electron chi connectivity index (χ3n) is 2.99. The highest BCUT2D eigenvalue weighted by molar-refractivity contribution is 5.87. The molecule has 1 aromatic rings. The lowest BCUT2D eigenvalue weighted by molar-refractivity contribution is -0.128. The number of esters is 1. The number of ether oxygens (including phenoxy) is 1. The van der Waals surface area contributed by atoms with E-state index >= 15 is 0 Å². The van der Waals surface area contributed by atoms with Crippen LogP contribution < -0.4 is 0 Å². The molecule has 0 saturated heterocycles. The van der Waals surface area contributed by atoms with Crippen LogP contribution in [0.15, 0.2) is 18.3 Å². The van der Waals surface area contributed by atoms with Crippen LogP contribution in [0.3, 0.4) is 0 Å². The fourth-order valence-corrected chi connectivity index (χ4v) is 1.89. The Labute approximate surface area is 111 Å². The molecule has 0 saturated carbocycles. The van der Waals surface area contributed by atoms with Gasteiger partial charge in [-0.2, -0.15) is 0 Å². The third kappa shape index (κ3) is 2.96. The lowest BCUT2D eigenvalue weighted by atomic mass is 10.1. The Bertz CT molecular complexity index is 540. The van der Waals surface area contributed by atoms with E-state index < -0.39 is 5.97 Å². The maximum Gasteiger partial charge on any atom is 0.356 e. The quantitative estimate of drug-likeness (QED) is 0.739. The molecule has 6 heteroatoms. The summed E-state index contributed by atoms with van der Waals surface area (Å²) in [4.78, 5) is 32.7. The largest absolute Gasteiger partial charge is 0.464 e. The molecule has 2 rings (SSSR count). The first-order valence-electron chi connectivity index (χ1n) is 5.98. The van der Waals surface area contributed by atoms with E-state index in [1.54, 1.807) is 11.8 Å². The molecule has 1 aliphatic rings. The van der Waals surface area contributed by atoms with Gasteiger partial charge in [-0.25, -0.2) is 14.8 Å². The van der Waals surface area contributed by atoms with Gasteiger partial charge in [0.05, 0.1) is 7.11 Å². The van der Waals surface area contributed by atoms with Crippen LogP contribution in [0.4, 0.5) is 0 Å². The van der Waals surface area contributed by atoms with Gasteiger partial charge >= 0.3 is 5.97 Å². The monoisotopic (exact) mass is 261 g/mol. The second kappa shape index (κ2) is 5.60. The molecule has 0 N–H and O–H groups in total. The van der Waals surface area contributed by atoms with E-state index in [1.807, 2.05) is 6.08 Å². The molecule has 6 nitrogen and oxygen atoms in total. The molecule has 19 heavy (non-hydrogen) atoms. The van der Waals surface area contributed by atoms with Gasteiger partial charge in [-0.05, 0) is 18.1 Å². The minimum Gasteiger partial charge on any atom is -0.464 e. The molecule has 0 aromatic carbocycles. The van der Waals surface area contributed by atoms with Gasteiger partial charge < -0.3 is 9.64 Å². The zero-order valence-corrected chi connectivity index (χ0v) is 10.9. The van der Waals surface area contributed by atoms with Gasteiger partial charge in [0, 0.05) is 26.2 Å². The van der Waals surface area contributed by atoms with Crippen molar-refractivity contribution in [1.82, 2.24) is 14.9 Å². The van der Waals surface area contributed by atoms with E-state index in [-0.39, 0.29) is 11.6 Å². The standard InChI is InChI=1S/C13H15N3O3/c1-9(17)16-7-4-10(5-8-16)12-14-6-3-11(15-12)13(18)19-2/h3-4,6H,5,7-8H2,1-2H3. The molecule has 0 fully saturated rings. The number of hydrogen-bond donors (Lipinski definition) is 0. The van der Waals surface area contributed by atoms with Crippen LogP contribution in [0.25, 0.3) is 5.57 Å². The van der Waals surface area contributed by atoms with Crippen molar-refractivity contribution in [3.05, 3.63) is 29.9 Å². The van der Waals surface area contributed by atoms with Crippen LogP contribution in [-0.2, 0) is 9.53 Å². The van der Waals surface area contributed by atoms with Crippen LogP contribution in [0, 0.1) is 0 Å². The molecule has 100 valence electrons. The van der Waals surface area contributed by atoms with E-state index in [1.165, 1.54) is 19.4 Å². The van der Waals surface area contributed by atoms with Gasteiger partial charge in [0.1, 0.15) is 0 Å². The Morgan fingerprint density at radius 3 is 2.79 bits per heavy atom. The molecule has 0 aliphatic carbocycles. The zero-order chi connectivity index (χ0) is 13.8. The lowest BCUT2D eigenvalue weighted by Crippen LogP contribution is -2.32. The van der Waals surface area contributed by atoms with Crippen molar-refractivity contribution in [3.63, 3.8) is 0 Å². The Balaban J connectivity index is 2.19. The number of aromatic nitrogens is 2. The summed E-state index contributed by atoms with van der Waals surface area (Å²) in [6.45, 7) is 2.75. The Morgan fingerprint density at radius 2 is 2.21 bits per heavy atom. The van der Waals surface area contributed by atoms with Crippen molar-refractivity contribution in [2.24, 2.45) is 0 Å². The Kier molecular flexibility index (Phi) is 3.89. The first-order chi connectivity index (χ1) is 9.11. The van der Waals surface area contributed by atoms with Crippen molar-refractivity contribution >= 4 is 17.4 Å². The first-order valence-corrected chi connectivity index (χ1v) is 5.98. The van der Waals surface area contributed by atoms with Crippen molar-refractivity contribution in [1.29, 1.82) is 0 Å². The van der Waals surface area contributed by atoms with E-state index in [4.69, 9.17) is 0 Å². The molecule has 1 aliphatic heterocycles. The maximum absolute atomic E-state index is 11.4. The summed E-state index contributed by atoms with van der Waals surface area (Å²) < 4.78 is 4.63. The van der Waals surface area contributed by atoms with Crippen molar-refractivity contribution in [2.45, 2.75) is 13.3 Å². The van der Waals surface area contributed by atoms with E-state index in [0.29, 0.717) is 25.3 Å². The van der Waals surface area contributed by atoms with Gasteiger partial charge in [0.15, 0.2) is 11.5 Å². The van der Waals surface area contributed by atoms with Gasteiger partial charge in [-0.1, -0.05) is 6.08 Å². The highest BCUT2D eigenvalue weighted by Crippen LogP contribution is 2.19. The normalized spacial score (nSPS) is 14.8. The van der Waals surface area contributed by atoms with Crippen LogP contribution in [0.2, 0.25) is 0 Å². The molecule has 0 atom stereocenters. The maximum atomic E-state index is 11.4. The van der Waals surface area contributed by atoms with Crippen molar-refractivity contribution in [3.8, 4) is 0 Å². The molecule has 1 aromatic heterocycles. The second-order valence-corrected chi connectivity index (χ2v) is 4.20. The summed E-state index contributed by atoms with van der Waals surface area (Å²) >= 11 is 0. The minimum atomic E-state index is -0.481. The number of methoxy groups -OCH3 is 1. The Hall–Kier alpha value is -2.24. The van der Waals surface area contributed by atoms with Crippen molar-refractivity contribution < 1.29 is 14.3 Å². The van der Waals surface area contributed by atoms with Crippen LogP contribution in [0.1, 0.15) is 29.7 Å². The van der Waals surface area contributed by atoms with Gasteiger partial charge in [-0.3, -0.25) is 4.79 Å². The highest BCUT2D eigenvalue weighted by Gasteiger charge is 2.17. The number of rotatable bonds is 2. The number of carbonyl (C=O) groups excluding carboxylic acids is 2. The smallest absolute Gasteiger partial charge is 0.356 e. The van der Waals surface area contributed by atoms with Crippen molar-refractivity contribution in [2.75, 3.05) is 20.2 Å². The zero-order valence-electron chi connectivity index (χ0n) is 10.9.